The summed E-state index contributed by atoms with van der Waals surface area (Å²) in [7, 11) is -4.13. The lowest BCUT2D eigenvalue weighted by atomic mass is 10.4. The zero-order valence-corrected chi connectivity index (χ0v) is 7.60. The van der Waals surface area contributed by atoms with Gasteiger partial charge >= 0.3 is 7.60 Å². The van der Waals surface area contributed by atoms with E-state index in [-0.39, 0.29) is 5.44 Å². The molecule has 0 aromatic heterocycles. The van der Waals surface area contributed by atoms with Crippen LogP contribution in [0.4, 0.5) is 0 Å². The summed E-state index contributed by atoms with van der Waals surface area (Å²) in [6.07, 6.45) is 0. The molecule has 1 heterocycles. The van der Waals surface area contributed by atoms with E-state index in [4.69, 9.17) is 9.79 Å². The molecular formula is C5H8NO3PS. The van der Waals surface area contributed by atoms with Crippen LogP contribution in [0.3, 0.4) is 0 Å². The highest BCUT2D eigenvalue weighted by atomic mass is 32.2. The number of nitrogens with zero attached hydrogens (tertiary/aromatic N) is 1. The van der Waals surface area contributed by atoms with Crippen molar-refractivity contribution in [2.24, 2.45) is 4.99 Å². The number of thioether (sulfide) groups is 1. The van der Waals surface area contributed by atoms with Gasteiger partial charge in [-0.1, -0.05) is 0 Å². The Kier molecular flexibility index (Phi) is 2.54. The van der Waals surface area contributed by atoms with E-state index in [2.05, 4.69) is 4.99 Å². The SMILES string of the molecule is CC1=C(P(=O)(O)O)N=CSC1. The molecule has 11 heavy (non-hydrogen) atoms. The molecule has 6 heteroatoms. The van der Waals surface area contributed by atoms with Crippen molar-refractivity contribution in [3.8, 4) is 0 Å². The fraction of sp³-hybridized carbons (Fsp3) is 0.400. The van der Waals surface area contributed by atoms with Crippen molar-refractivity contribution in [2.75, 3.05) is 5.75 Å². The molecule has 62 valence electrons. The topological polar surface area (TPSA) is 69.9 Å². The molecule has 0 amide bonds. The molecule has 0 radical (unpaired) electrons. The molecule has 0 bridgehead atoms. The summed E-state index contributed by atoms with van der Waals surface area (Å²) < 4.78 is 10.7. The molecule has 1 rings (SSSR count). The van der Waals surface area contributed by atoms with Crippen LogP contribution in [0.25, 0.3) is 0 Å². The molecule has 1 aliphatic heterocycles. The summed E-state index contributed by atoms with van der Waals surface area (Å²) in [5.74, 6) is 0.615. The number of hydrogen-bond acceptors (Lipinski definition) is 3. The largest absolute Gasteiger partial charge is 0.374 e. The van der Waals surface area contributed by atoms with E-state index in [1.54, 1.807) is 6.92 Å². The summed E-state index contributed by atoms with van der Waals surface area (Å²) in [6.45, 7) is 1.68. The average Bonchev–Trinajstić information content (AvgIpc) is 1.86. The smallest absolute Gasteiger partial charge is 0.320 e. The number of aliphatic imine (C=N–C) groups is 1. The Bertz CT molecular complexity index is 267. The lowest BCUT2D eigenvalue weighted by Crippen LogP contribution is -1.95. The molecular weight excluding hydrogens is 185 g/mol. The van der Waals surface area contributed by atoms with Crippen molar-refractivity contribution in [3.05, 3.63) is 11.0 Å². The molecule has 4 nitrogen and oxygen atoms in total. The Balaban J connectivity index is 3.03. The van der Waals surface area contributed by atoms with Crippen LogP contribution < -0.4 is 0 Å². The molecule has 0 unspecified atom stereocenters. The van der Waals surface area contributed by atoms with Gasteiger partial charge in [-0.05, 0) is 12.5 Å². The van der Waals surface area contributed by atoms with E-state index in [1.165, 1.54) is 17.3 Å². The maximum atomic E-state index is 10.7. The van der Waals surface area contributed by atoms with Crippen molar-refractivity contribution < 1.29 is 14.4 Å². The minimum atomic E-state index is -4.13. The van der Waals surface area contributed by atoms with E-state index in [9.17, 15) is 4.57 Å². The molecule has 0 saturated carbocycles. The summed E-state index contributed by atoms with van der Waals surface area (Å²) >= 11 is 1.43. The lowest BCUT2D eigenvalue weighted by Gasteiger charge is -2.11. The van der Waals surface area contributed by atoms with Gasteiger partial charge in [0.1, 0.15) is 0 Å². The summed E-state index contributed by atoms with van der Waals surface area (Å²) in [5.41, 5.74) is 2.05. The summed E-state index contributed by atoms with van der Waals surface area (Å²) in [4.78, 5) is 21.1. The summed E-state index contributed by atoms with van der Waals surface area (Å²) in [6, 6.07) is 0. The van der Waals surface area contributed by atoms with Crippen molar-refractivity contribution in [1.29, 1.82) is 0 Å². The third-order valence-corrected chi connectivity index (χ3v) is 3.11. The third-order valence-electron chi connectivity index (χ3n) is 1.21. The Morgan fingerprint density at radius 2 is 2.36 bits per heavy atom. The fourth-order valence-electron chi connectivity index (χ4n) is 0.748. The maximum absolute atomic E-state index is 10.7. The van der Waals surface area contributed by atoms with Crippen LogP contribution in [0, 0.1) is 0 Å². The highest BCUT2D eigenvalue weighted by molar-refractivity contribution is 8.12. The Hall–Kier alpha value is -0.0900. The van der Waals surface area contributed by atoms with Crippen LogP contribution in [0.5, 0.6) is 0 Å². The van der Waals surface area contributed by atoms with Crippen LogP contribution in [0.15, 0.2) is 16.0 Å². The van der Waals surface area contributed by atoms with E-state index < -0.39 is 7.60 Å². The van der Waals surface area contributed by atoms with Gasteiger partial charge in [0, 0.05) is 5.75 Å². The van der Waals surface area contributed by atoms with Gasteiger partial charge in [-0.15, -0.1) is 11.8 Å². The highest BCUT2D eigenvalue weighted by Gasteiger charge is 2.24. The molecule has 2 N–H and O–H groups in total. The van der Waals surface area contributed by atoms with Gasteiger partial charge in [-0.25, -0.2) is 4.99 Å². The second-order valence-electron chi connectivity index (χ2n) is 2.19. The maximum Gasteiger partial charge on any atom is 0.374 e. The van der Waals surface area contributed by atoms with Crippen LogP contribution >= 0.6 is 19.4 Å². The first-order valence-corrected chi connectivity index (χ1v) is 5.58. The first kappa shape index (κ1) is 9.00. The van der Waals surface area contributed by atoms with Gasteiger partial charge in [0.2, 0.25) is 0 Å². The van der Waals surface area contributed by atoms with Crippen molar-refractivity contribution >= 4 is 24.9 Å². The van der Waals surface area contributed by atoms with Gasteiger partial charge in [-0.2, -0.15) is 0 Å². The zero-order valence-electron chi connectivity index (χ0n) is 5.89. The molecule has 1 aliphatic rings. The molecule has 0 saturated heterocycles. The molecule has 0 aliphatic carbocycles. The standard InChI is InChI=1S/C5H8NO3PS/c1-4-2-11-3-6-5(4)10(7,8)9/h3H,2H2,1H3,(H2,7,8,9). The van der Waals surface area contributed by atoms with E-state index in [0.29, 0.717) is 11.3 Å². The van der Waals surface area contributed by atoms with Crippen molar-refractivity contribution in [3.63, 3.8) is 0 Å². The van der Waals surface area contributed by atoms with E-state index in [1.807, 2.05) is 0 Å². The molecule has 0 aromatic rings. The third kappa shape index (κ3) is 2.17. The first-order chi connectivity index (χ1) is 5.02. The van der Waals surface area contributed by atoms with Gasteiger partial charge in [0.15, 0.2) is 5.44 Å². The van der Waals surface area contributed by atoms with Gasteiger partial charge in [0.05, 0.1) is 5.55 Å². The minimum absolute atomic E-state index is 0.0729. The fourth-order valence-corrected chi connectivity index (χ4v) is 2.36. The van der Waals surface area contributed by atoms with Crippen LogP contribution in [-0.2, 0) is 4.57 Å². The second-order valence-corrected chi connectivity index (χ2v) is 4.54. The zero-order chi connectivity index (χ0) is 8.48. The lowest BCUT2D eigenvalue weighted by molar-refractivity contribution is 0.381. The Morgan fingerprint density at radius 3 is 2.73 bits per heavy atom. The molecule has 0 aromatic carbocycles. The normalized spacial score (nSPS) is 19.2. The predicted octanol–water partition coefficient (Wildman–Crippen LogP) is 1.17. The minimum Gasteiger partial charge on any atom is -0.320 e. The Labute approximate surface area is 68.6 Å². The van der Waals surface area contributed by atoms with Crippen LogP contribution in [0.1, 0.15) is 6.92 Å². The quantitative estimate of drug-likeness (QED) is 0.613. The van der Waals surface area contributed by atoms with Crippen LogP contribution in [0.2, 0.25) is 0 Å². The number of hydrogen-bond donors (Lipinski definition) is 2. The van der Waals surface area contributed by atoms with Crippen LogP contribution in [-0.4, -0.2) is 21.1 Å². The molecule has 0 atom stereocenters. The highest BCUT2D eigenvalue weighted by Crippen LogP contribution is 2.48. The van der Waals surface area contributed by atoms with E-state index >= 15 is 0 Å². The average molecular weight is 193 g/mol. The Morgan fingerprint density at radius 1 is 1.73 bits per heavy atom. The van der Waals surface area contributed by atoms with Gasteiger partial charge in [-0.3, -0.25) is 4.57 Å². The first-order valence-electron chi connectivity index (χ1n) is 2.92. The summed E-state index contributed by atoms with van der Waals surface area (Å²) in [5, 5.41) is 0. The van der Waals surface area contributed by atoms with Gasteiger partial charge < -0.3 is 9.79 Å². The molecule has 0 fully saturated rings. The van der Waals surface area contributed by atoms with Crippen molar-refractivity contribution in [2.45, 2.75) is 6.92 Å². The van der Waals surface area contributed by atoms with Gasteiger partial charge in [0.25, 0.3) is 0 Å². The predicted molar refractivity (Wildman–Crippen MR) is 45.7 cm³/mol. The number of rotatable bonds is 1. The second kappa shape index (κ2) is 3.11. The molecule has 0 spiro atoms. The van der Waals surface area contributed by atoms with Crippen molar-refractivity contribution in [1.82, 2.24) is 0 Å². The monoisotopic (exact) mass is 193 g/mol. The van der Waals surface area contributed by atoms with E-state index in [0.717, 1.165) is 0 Å².